The molecule has 27 heavy (non-hydrogen) atoms. The van der Waals surface area contributed by atoms with Crippen LogP contribution in [0.5, 0.6) is 0 Å². The molecule has 1 amide bonds. The Kier molecular flexibility index (Phi) is 3.85. The highest BCUT2D eigenvalue weighted by molar-refractivity contribution is 5.94. The maximum atomic E-state index is 12.7. The molecule has 0 bridgehead atoms. The number of rotatable bonds is 3. The fourth-order valence-electron chi connectivity index (χ4n) is 4.62. The van der Waals surface area contributed by atoms with Gasteiger partial charge in [0, 0.05) is 62.5 Å². The number of nitrogens with zero attached hydrogens (tertiary/aromatic N) is 5. The van der Waals surface area contributed by atoms with Crippen molar-refractivity contribution in [2.24, 2.45) is 11.8 Å². The van der Waals surface area contributed by atoms with Gasteiger partial charge in [0.1, 0.15) is 0 Å². The average Bonchev–Trinajstić information content (AvgIpc) is 3.38. The van der Waals surface area contributed by atoms with E-state index in [0.717, 1.165) is 49.8 Å². The molecule has 6 nitrogen and oxygen atoms in total. The topological polar surface area (TPSA) is 54.3 Å². The van der Waals surface area contributed by atoms with Crippen molar-refractivity contribution in [3.05, 3.63) is 54.4 Å². The molecule has 1 aromatic carbocycles. The first kappa shape index (κ1) is 16.3. The molecule has 3 aromatic rings. The van der Waals surface area contributed by atoms with Crippen molar-refractivity contribution in [2.75, 3.05) is 31.1 Å². The van der Waals surface area contributed by atoms with Crippen molar-refractivity contribution in [1.29, 1.82) is 0 Å². The van der Waals surface area contributed by atoms with Gasteiger partial charge in [-0.25, -0.2) is 4.98 Å². The van der Waals surface area contributed by atoms with Crippen LogP contribution in [0, 0.1) is 11.8 Å². The van der Waals surface area contributed by atoms with Gasteiger partial charge in [-0.2, -0.15) is 0 Å². The summed E-state index contributed by atoms with van der Waals surface area (Å²) in [5.41, 5.74) is 2.98. The van der Waals surface area contributed by atoms with Crippen LogP contribution < -0.4 is 4.90 Å². The molecule has 0 aliphatic carbocycles. The second-order valence-corrected chi connectivity index (χ2v) is 7.52. The van der Waals surface area contributed by atoms with Crippen LogP contribution in [0.3, 0.4) is 0 Å². The molecule has 0 saturated carbocycles. The molecule has 2 unspecified atom stereocenters. The summed E-state index contributed by atoms with van der Waals surface area (Å²) in [6, 6.07) is 11.9. The van der Waals surface area contributed by atoms with Crippen molar-refractivity contribution in [3.63, 3.8) is 0 Å². The Bertz CT molecular complexity index is 969. The predicted molar refractivity (Wildman–Crippen MR) is 105 cm³/mol. The van der Waals surface area contributed by atoms with Crippen LogP contribution in [0.4, 0.5) is 5.95 Å². The Morgan fingerprint density at radius 2 is 1.74 bits per heavy atom. The first-order chi connectivity index (χ1) is 13.2. The van der Waals surface area contributed by atoms with E-state index in [0.29, 0.717) is 11.8 Å². The molecule has 6 heteroatoms. The number of pyridine rings is 1. The number of imidazole rings is 1. The number of carbonyl (C=O) groups is 1. The van der Waals surface area contributed by atoms with Gasteiger partial charge < -0.3 is 14.4 Å². The van der Waals surface area contributed by atoms with Gasteiger partial charge in [-0.3, -0.25) is 9.78 Å². The fraction of sp³-hybridized carbons (Fsp3) is 0.381. The molecule has 2 fully saturated rings. The number of para-hydroxylation sites is 2. The van der Waals surface area contributed by atoms with E-state index in [1.165, 1.54) is 5.52 Å². The van der Waals surface area contributed by atoms with Gasteiger partial charge in [-0.05, 0) is 31.2 Å². The minimum absolute atomic E-state index is 0.124. The third kappa shape index (κ3) is 2.67. The van der Waals surface area contributed by atoms with Crippen LogP contribution in [-0.2, 0) is 6.54 Å². The Balaban J connectivity index is 1.34. The maximum Gasteiger partial charge on any atom is 0.253 e. The van der Waals surface area contributed by atoms with Crippen LogP contribution in [-0.4, -0.2) is 51.5 Å². The summed E-state index contributed by atoms with van der Waals surface area (Å²) < 4.78 is 2.30. The monoisotopic (exact) mass is 361 g/mol. The Morgan fingerprint density at radius 1 is 1.04 bits per heavy atom. The van der Waals surface area contributed by atoms with Gasteiger partial charge >= 0.3 is 0 Å². The standard InChI is InChI=1S/C21H23N5O/c1-2-26-19-6-4-3-5-18(19)23-21(26)25-13-16-11-24(12-17(16)14-25)20(27)15-7-9-22-10-8-15/h3-10,16-17H,2,11-14H2,1H3. The van der Waals surface area contributed by atoms with Gasteiger partial charge in [0.25, 0.3) is 5.91 Å². The number of amides is 1. The number of hydrogen-bond donors (Lipinski definition) is 0. The Hall–Kier alpha value is -2.89. The largest absolute Gasteiger partial charge is 0.342 e. The van der Waals surface area contributed by atoms with Crippen molar-refractivity contribution >= 4 is 22.9 Å². The number of anilines is 1. The highest BCUT2D eigenvalue weighted by atomic mass is 16.2. The molecule has 2 aliphatic rings. The van der Waals surface area contributed by atoms with Crippen LogP contribution in [0.2, 0.25) is 0 Å². The molecule has 138 valence electrons. The molecule has 4 heterocycles. The molecule has 2 aliphatic heterocycles. The molecule has 2 atom stereocenters. The predicted octanol–water partition coefficient (Wildman–Crippen LogP) is 2.66. The molecule has 5 rings (SSSR count). The minimum atomic E-state index is 0.124. The van der Waals surface area contributed by atoms with Crippen LogP contribution in [0.1, 0.15) is 17.3 Å². The van der Waals surface area contributed by atoms with Crippen molar-refractivity contribution in [3.8, 4) is 0 Å². The highest BCUT2D eigenvalue weighted by Crippen LogP contribution is 2.35. The summed E-state index contributed by atoms with van der Waals surface area (Å²) in [7, 11) is 0. The molecular formula is C21H23N5O. The number of fused-ring (bicyclic) bond motifs is 2. The average molecular weight is 361 g/mol. The molecule has 0 radical (unpaired) electrons. The van der Waals surface area contributed by atoms with E-state index < -0.39 is 0 Å². The normalized spacial score (nSPS) is 21.8. The van der Waals surface area contributed by atoms with Gasteiger partial charge in [0.15, 0.2) is 0 Å². The van der Waals surface area contributed by atoms with E-state index in [1.54, 1.807) is 24.5 Å². The smallest absolute Gasteiger partial charge is 0.253 e. The number of aromatic nitrogens is 3. The van der Waals surface area contributed by atoms with Crippen molar-refractivity contribution < 1.29 is 4.79 Å². The zero-order valence-corrected chi connectivity index (χ0v) is 15.5. The lowest BCUT2D eigenvalue weighted by molar-refractivity contribution is 0.0782. The Morgan fingerprint density at radius 3 is 2.44 bits per heavy atom. The third-order valence-electron chi connectivity index (χ3n) is 5.93. The number of likely N-dealkylation sites (tertiary alicyclic amines) is 1. The van der Waals surface area contributed by atoms with E-state index >= 15 is 0 Å². The summed E-state index contributed by atoms with van der Waals surface area (Å²) in [6.07, 6.45) is 3.36. The Labute approximate surface area is 158 Å². The fourth-order valence-corrected chi connectivity index (χ4v) is 4.62. The molecular weight excluding hydrogens is 338 g/mol. The first-order valence-electron chi connectivity index (χ1n) is 9.64. The van der Waals surface area contributed by atoms with Crippen molar-refractivity contribution in [1.82, 2.24) is 19.4 Å². The number of hydrogen-bond acceptors (Lipinski definition) is 4. The van der Waals surface area contributed by atoms with E-state index in [4.69, 9.17) is 4.98 Å². The maximum absolute atomic E-state index is 12.7. The molecule has 2 saturated heterocycles. The van der Waals surface area contributed by atoms with Crippen molar-refractivity contribution in [2.45, 2.75) is 13.5 Å². The lowest BCUT2D eigenvalue weighted by Gasteiger charge is -2.23. The highest BCUT2D eigenvalue weighted by Gasteiger charge is 2.42. The van der Waals surface area contributed by atoms with E-state index in [1.807, 2.05) is 11.0 Å². The second-order valence-electron chi connectivity index (χ2n) is 7.52. The van der Waals surface area contributed by atoms with Gasteiger partial charge in [-0.1, -0.05) is 12.1 Å². The zero-order valence-electron chi connectivity index (χ0n) is 15.5. The zero-order chi connectivity index (χ0) is 18.4. The first-order valence-corrected chi connectivity index (χ1v) is 9.64. The minimum Gasteiger partial charge on any atom is -0.342 e. The van der Waals surface area contributed by atoms with Crippen LogP contribution >= 0.6 is 0 Å². The molecule has 0 spiro atoms. The summed E-state index contributed by atoms with van der Waals surface area (Å²) in [5.74, 6) is 2.22. The van der Waals surface area contributed by atoms with E-state index in [2.05, 4.69) is 39.6 Å². The second kappa shape index (κ2) is 6.37. The van der Waals surface area contributed by atoms with E-state index in [-0.39, 0.29) is 5.91 Å². The van der Waals surface area contributed by atoms with Crippen LogP contribution in [0.25, 0.3) is 11.0 Å². The van der Waals surface area contributed by atoms with Crippen LogP contribution in [0.15, 0.2) is 48.8 Å². The molecule has 0 N–H and O–H groups in total. The van der Waals surface area contributed by atoms with Gasteiger partial charge in [0.2, 0.25) is 5.95 Å². The molecule has 2 aromatic heterocycles. The van der Waals surface area contributed by atoms with E-state index in [9.17, 15) is 4.79 Å². The number of carbonyl (C=O) groups excluding carboxylic acids is 1. The number of benzene rings is 1. The summed E-state index contributed by atoms with van der Waals surface area (Å²) >= 11 is 0. The lowest BCUT2D eigenvalue weighted by Crippen LogP contribution is -2.34. The number of aryl methyl sites for hydroxylation is 1. The summed E-state index contributed by atoms with van der Waals surface area (Å²) in [6.45, 7) is 6.67. The summed E-state index contributed by atoms with van der Waals surface area (Å²) in [5, 5.41) is 0. The SMILES string of the molecule is CCn1c(N2CC3CN(C(=O)c4ccncc4)CC3C2)nc2ccccc21. The lowest BCUT2D eigenvalue weighted by atomic mass is 10.0. The van der Waals surface area contributed by atoms with Gasteiger partial charge in [0.05, 0.1) is 11.0 Å². The third-order valence-corrected chi connectivity index (χ3v) is 5.93. The quantitative estimate of drug-likeness (QED) is 0.720. The van der Waals surface area contributed by atoms with Gasteiger partial charge in [-0.15, -0.1) is 0 Å². The summed E-state index contributed by atoms with van der Waals surface area (Å²) in [4.78, 5) is 26.0.